The van der Waals surface area contributed by atoms with Gasteiger partial charge in [-0.2, -0.15) is 0 Å². The van der Waals surface area contributed by atoms with E-state index in [1.54, 1.807) is 0 Å². The van der Waals surface area contributed by atoms with Crippen molar-refractivity contribution in [2.24, 2.45) is 5.73 Å². The zero-order valence-electron chi connectivity index (χ0n) is 9.28. The second-order valence-corrected chi connectivity index (χ2v) is 6.56. The van der Waals surface area contributed by atoms with Gasteiger partial charge in [0.15, 0.2) is 4.67 Å². The third-order valence-electron chi connectivity index (χ3n) is 2.87. The molecule has 0 unspecified atom stereocenters. The maximum atomic E-state index is 12.1. The average Bonchev–Trinajstić information content (AvgIpc) is 2.86. The van der Waals surface area contributed by atoms with Crippen molar-refractivity contribution in [1.29, 1.82) is 0 Å². The monoisotopic (exact) mass is 322 g/mol. The SMILES string of the molecule is NCc1cc(S(=O)(=O)NC2CCCC2)c(Br)o1. The van der Waals surface area contributed by atoms with Crippen LogP contribution in [0.3, 0.4) is 0 Å². The minimum Gasteiger partial charge on any atom is -0.452 e. The van der Waals surface area contributed by atoms with Crippen molar-refractivity contribution >= 4 is 26.0 Å². The molecule has 2 rings (SSSR count). The lowest BCUT2D eigenvalue weighted by molar-refractivity contribution is 0.482. The zero-order valence-corrected chi connectivity index (χ0v) is 11.7. The predicted octanol–water partition coefficient (Wildman–Crippen LogP) is 1.72. The highest BCUT2D eigenvalue weighted by molar-refractivity contribution is 9.10. The van der Waals surface area contributed by atoms with Gasteiger partial charge in [-0.3, -0.25) is 0 Å². The molecule has 96 valence electrons. The van der Waals surface area contributed by atoms with Crippen LogP contribution in [0.25, 0.3) is 0 Å². The van der Waals surface area contributed by atoms with E-state index in [2.05, 4.69) is 20.7 Å². The molecular formula is C10H15BrN2O3S. The van der Waals surface area contributed by atoms with Crippen LogP contribution in [0, 0.1) is 0 Å². The van der Waals surface area contributed by atoms with Gasteiger partial charge in [0, 0.05) is 12.1 Å². The van der Waals surface area contributed by atoms with E-state index in [0.717, 1.165) is 25.7 Å². The minimum absolute atomic E-state index is 0.0446. The van der Waals surface area contributed by atoms with Gasteiger partial charge in [-0.1, -0.05) is 12.8 Å². The number of furan rings is 1. The molecule has 0 saturated heterocycles. The van der Waals surface area contributed by atoms with Crippen LogP contribution in [0.2, 0.25) is 0 Å². The van der Waals surface area contributed by atoms with E-state index in [-0.39, 0.29) is 22.2 Å². The Bertz CT molecular complexity index is 492. The quantitative estimate of drug-likeness (QED) is 0.883. The normalized spacial score (nSPS) is 17.8. The molecule has 1 saturated carbocycles. The lowest BCUT2D eigenvalue weighted by atomic mass is 10.3. The van der Waals surface area contributed by atoms with Crippen LogP contribution >= 0.6 is 15.9 Å². The van der Waals surface area contributed by atoms with E-state index in [9.17, 15) is 8.42 Å². The second kappa shape index (κ2) is 5.09. The first-order chi connectivity index (χ1) is 8.03. The Labute approximate surface area is 109 Å². The number of sulfonamides is 1. The van der Waals surface area contributed by atoms with E-state index >= 15 is 0 Å². The number of rotatable bonds is 4. The topological polar surface area (TPSA) is 85.3 Å². The Morgan fingerprint density at radius 2 is 2.12 bits per heavy atom. The summed E-state index contributed by atoms with van der Waals surface area (Å²) in [6, 6.07) is 1.50. The van der Waals surface area contributed by atoms with Gasteiger partial charge < -0.3 is 10.2 Å². The molecule has 5 nitrogen and oxygen atoms in total. The van der Waals surface area contributed by atoms with Crippen LogP contribution in [-0.2, 0) is 16.6 Å². The Kier molecular flexibility index (Phi) is 3.92. The summed E-state index contributed by atoms with van der Waals surface area (Å²) in [6.45, 7) is 0.178. The maximum Gasteiger partial charge on any atom is 0.245 e. The van der Waals surface area contributed by atoms with E-state index in [4.69, 9.17) is 10.2 Å². The maximum absolute atomic E-state index is 12.1. The molecule has 1 fully saturated rings. The molecular weight excluding hydrogens is 308 g/mol. The highest BCUT2D eigenvalue weighted by Crippen LogP contribution is 2.27. The van der Waals surface area contributed by atoms with Crippen LogP contribution in [0.1, 0.15) is 31.4 Å². The number of nitrogens with two attached hydrogens (primary N) is 1. The van der Waals surface area contributed by atoms with Crippen molar-refractivity contribution in [1.82, 2.24) is 4.72 Å². The summed E-state index contributed by atoms with van der Waals surface area (Å²) >= 11 is 3.10. The summed E-state index contributed by atoms with van der Waals surface area (Å²) in [6.07, 6.45) is 3.96. The van der Waals surface area contributed by atoms with Gasteiger partial charge in [0.1, 0.15) is 10.7 Å². The van der Waals surface area contributed by atoms with Gasteiger partial charge >= 0.3 is 0 Å². The van der Waals surface area contributed by atoms with Gasteiger partial charge in [0.2, 0.25) is 10.0 Å². The van der Waals surface area contributed by atoms with Gasteiger partial charge in [0.05, 0.1) is 6.54 Å². The molecule has 1 aromatic rings. The molecule has 1 heterocycles. The Balaban J connectivity index is 2.21. The van der Waals surface area contributed by atoms with Crippen LogP contribution in [0.4, 0.5) is 0 Å². The fourth-order valence-corrected chi connectivity index (χ4v) is 4.31. The van der Waals surface area contributed by atoms with Crippen LogP contribution in [0.15, 0.2) is 20.0 Å². The summed E-state index contributed by atoms with van der Waals surface area (Å²) in [5.74, 6) is 0.448. The summed E-state index contributed by atoms with van der Waals surface area (Å²) in [4.78, 5) is 0.129. The Morgan fingerprint density at radius 1 is 1.47 bits per heavy atom. The first kappa shape index (κ1) is 13.1. The fourth-order valence-electron chi connectivity index (χ4n) is 2.01. The average molecular weight is 323 g/mol. The summed E-state index contributed by atoms with van der Waals surface area (Å²) in [5.41, 5.74) is 5.41. The molecule has 0 aliphatic heterocycles. The number of nitrogens with one attached hydrogen (secondary N) is 1. The highest BCUT2D eigenvalue weighted by atomic mass is 79.9. The number of halogens is 1. The molecule has 1 aliphatic carbocycles. The molecule has 0 aromatic carbocycles. The minimum atomic E-state index is -3.51. The molecule has 0 radical (unpaired) electrons. The third-order valence-corrected chi connectivity index (χ3v) is 5.25. The van der Waals surface area contributed by atoms with E-state index in [0.29, 0.717) is 5.76 Å². The van der Waals surface area contributed by atoms with Gasteiger partial charge in [-0.25, -0.2) is 13.1 Å². The number of hydrogen-bond donors (Lipinski definition) is 2. The van der Waals surface area contributed by atoms with Crippen molar-refractivity contribution in [2.75, 3.05) is 0 Å². The molecule has 3 N–H and O–H groups in total. The molecule has 17 heavy (non-hydrogen) atoms. The first-order valence-electron chi connectivity index (χ1n) is 5.53. The van der Waals surface area contributed by atoms with Crippen molar-refractivity contribution in [2.45, 2.75) is 43.2 Å². The standard InChI is InChI=1S/C10H15BrN2O3S/c11-10-9(5-8(6-12)16-10)17(14,15)13-7-3-1-2-4-7/h5,7,13H,1-4,6,12H2. The predicted molar refractivity (Wildman–Crippen MR) is 66.9 cm³/mol. The van der Waals surface area contributed by atoms with Crippen molar-refractivity contribution < 1.29 is 12.8 Å². The van der Waals surface area contributed by atoms with Crippen molar-refractivity contribution in [3.8, 4) is 0 Å². The van der Waals surface area contributed by atoms with Crippen molar-refractivity contribution in [3.63, 3.8) is 0 Å². The van der Waals surface area contributed by atoms with Crippen LogP contribution in [0.5, 0.6) is 0 Å². The fraction of sp³-hybridized carbons (Fsp3) is 0.600. The van der Waals surface area contributed by atoms with Gasteiger partial charge in [0.25, 0.3) is 0 Å². The molecule has 0 amide bonds. The molecule has 0 spiro atoms. The summed E-state index contributed by atoms with van der Waals surface area (Å²) in [5, 5.41) is 0. The molecule has 0 atom stereocenters. The third kappa shape index (κ3) is 2.90. The molecule has 0 bridgehead atoms. The van der Waals surface area contributed by atoms with E-state index in [1.165, 1.54) is 6.07 Å². The second-order valence-electron chi connectivity index (χ2n) is 4.16. The lowest BCUT2D eigenvalue weighted by Gasteiger charge is -2.11. The number of hydrogen-bond acceptors (Lipinski definition) is 4. The zero-order chi connectivity index (χ0) is 12.5. The molecule has 1 aromatic heterocycles. The van der Waals surface area contributed by atoms with Gasteiger partial charge in [-0.05, 0) is 28.8 Å². The van der Waals surface area contributed by atoms with Crippen LogP contribution in [-0.4, -0.2) is 14.5 Å². The van der Waals surface area contributed by atoms with Crippen molar-refractivity contribution in [3.05, 3.63) is 16.5 Å². The van der Waals surface area contributed by atoms with E-state index in [1.807, 2.05) is 0 Å². The Morgan fingerprint density at radius 3 is 2.65 bits per heavy atom. The van der Waals surface area contributed by atoms with Crippen LogP contribution < -0.4 is 10.5 Å². The lowest BCUT2D eigenvalue weighted by Crippen LogP contribution is -2.32. The summed E-state index contributed by atoms with van der Waals surface area (Å²) < 4.78 is 32.3. The molecule has 1 aliphatic rings. The first-order valence-corrected chi connectivity index (χ1v) is 7.81. The Hall–Kier alpha value is -0.370. The molecule has 7 heteroatoms. The smallest absolute Gasteiger partial charge is 0.245 e. The summed E-state index contributed by atoms with van der Waals surface area (Å²) in [7, 11) is -3.51. The highest BCUT2D eigenvalue weighted by Gasteiger charge is 2.26. The van der Waals surface area contributed by atoms with E-state index < -0.39 is 10.0 Å². The largest absolute Gasteiger partial charge is 0.452 e. The van der Waals surface area contributed by atoms with Gasteiger partial charge in [-0.15, -0.1) is 0 Å².